The van der Waals surface area contributed by atoms with Gasteiger partial charge in [0, 0.05) is 44.4 Å². The summed E-state index contributed by atoms with van der Waals surface area (Å²) in [6, 6.07) is 9.91. The third-order valence-electron chi connectivity index (χ3n) is 5.35. The molecule has 1 aliphatic rings. The first-order valence-electron chi connectivity index (χ1n) is 10.1. The molecule has 168 valence electrons. The number of hydrogen-bond donors (Lipinski definition) is 0. The highest BCUT2D eigenvalue weighted by Gasteiger charge is 2.27. The largest absolute Gasteiger partial charge is 0.493 e. The predicted octanol–water partition coefficient (Wildman–Crippen LogP) is 2.96. The van der Waals surface area contributed by atoms with Crippen LogP contribution in [0, 0.1) is 5.82 Å². The maximum atomic E-state index is 13.1. The zero-order valence-corrected chi connectivity index (χ0v) is 18.4. The van der Waals surface area contributed by atoms with Crippen molar-refractivity contribution >= 4 is 5.91 Å². The molecule has 0 aliphatic carbocycles. The van der Waals surface area contributed by atoms with Gasteiger partial charge in [0.25, 0.3) is 5.91 Å². The number of rotatable bonds is 8. The van der Waals surface area contributed by atoms with Crippen LogP contribution in [0.25, 0.3) is 0 Å². The molecule has 8 heteroatoms. The van der Waals surface area contributed by atoms with Gasteiger partial charge in [0.15, 0.2) is 18.1 Å². The fraction of sp³-hybridized carbons (Fsp3) is 0.435. The van der Waals surface area contributed by atoms with Gasteiger partial charge in [-0.1, -0.05) is 12.1 Å². The summed E-state index contributed by atoms with van der Waals surface area (Å²) in [6.07, 6.45) is 0. The van der Waals surface area contributed by atoms with Gasteiger partial charge in [-0.15, -0.1) is 0 Å². The molecular weight excluding hydrogens is 403 g/mol. The van der Waals surface area contributed by atoms with Gasteiger partial charge >= 0.3 is 0 Å². The van der Waals surface area contributed by atoms with Crippen molar-refractivity contribution in [3.63, 3.8) is 0 Å². The summed E-state index contributed by atoms with van der Waals surface area (Å²) in [5.74, 6) is 1.54. The smallest absolute Gasteiger partial charge is 0.260 e. The molecule has 1 unspecified atom stereocenters. The Labute approximate surface area is 182 Å². The van der Waals surface area contributed by atoms with Gasteiger partial charge in [0.05, 0.1) is 21.3 Å². The monoisotopic (exact) mass is 432 g/mol. The summed E-state index contributed by atoms with van der Waals surface area (Å²) in [6.45, 7) is 4.77. The van der Waals surface area contributed by atoms with Gasteiger partial charge in [0.2, 0.25) is 5.75 Å². The number of ether oxygens (including phenoxy) is 4. The second-order valence-electron chi connectivity index (χ2n) is 7.45. The van der Waals surface area contributed by atoms with Crippen molar-refractivity contribution in [3.8, 4) is 23.0 Å². The highest BCUT2D eigenvalue weighted by molar-refractivity contribution is 5.78. The molecule has 1 aliphatic heterocycles. The molecule has 0 saturated carbocycles. The number of piperazine rings is 1. The predicted molar refractivity (Wildman–Crippen MR) is 114 cm³/mol. The lowest BCUT2D eigenvalue weighted by Crippen LogP contribution is -2.54. The molecule has 0 aromatic heterocycles. The van der Waals surface area contributed by atoms with E-state index in [0.29, 0.717) is 29.5 Å². The Morgan fingerprint density at radius 2 is 1.68 bits per heavy atom. The zero-order valence-electron chi connectivity index (χ0n) is 18.4. The van der Waals surface area contributed by atoms with Gasteiger partial charge in [-0.05, 0) is 24.6 Å². The second-order valence-corrected chi connectivity index (χ2v) is 7.45. The molecule has 31 heavy (non-hydrogen) atoms. The fourth-order valence-electron chi connectivity index (χ4n) is 3.76. The van der Waals surface area contributed by atoms with Crippen molar-refractivity contribution in [2.24, 2.45) is 0 Å². The highest BCUT2D eigenvalue weighted by Crippen LogP contribution is 2.40. The van der Waals surface area contributed by atoms with Crippen LogP contribution in [0.5, 0.6) is 23.0 Å². The molecule has 3 rings (SSSR count). The van der Waals surface area contributed by atoms with Crippen LogP contribution in [0.1, 0.15) is 12.5 Å². The van der Waals surface area contributed by atoms with Crippen LogP contribution >= 0.6 is 0 Å². The van der Waals surface area contributed by atoms with Crippen LogP contribution in [0.2, 0.25) is 0 Å². The van der Waals surface area contributed by atoms with Crippen LogP contribution in [-0.2, 0) is 11.3 Å². The highest BCUT2D eigenvalue weighted by atomic mass is 19.1. The molecule has 7 nitrogen and oxygen atoms in total. The van der Waals surface area contributed by atoms with Crippen molar-refractivity contribution in [2.45, 2.75) is 19.5 Å². The van der Waals surface area contributed by atoms with Crippen molar-refractivity contribution in [3.05, 3.63) is 47.8 Å². The van der Waals surface area contributed by atoms with E-state index < -0.39 is 0 Å². The molecule has 0 radical (unpaired) electrons. The van der Waals surface area contributed by atoms with E-state index >= 15 is 0 Å². The molecular formula is C23H29FN2O5. The van der Waals surface area contributed by atoms with Gasteiger partial charge in [0.1, 0.15) is 11.6 Å². The molecule has 2 aromatic carbocycles. The summed E-state index contributed by atoms with van der Waals surface area (Å²) >= 11 is 0. The second kappa shape index (κ2) is 10.3. The van der Waals surface area contributed by atoms with Crippen molar-refractivity contribution in [1.82, 2.24) is 9.80 Å². The number of halogens is 1. The number of methoxy groups -OCH3 is 3. The lowest BCUT2D eigenvalue weighted by Gasteiger charge is -2.39. The summed E-state index contributed by atoms with van der Waals surface area (Å²) in [4.78, 5) is 16.9. The Morgan fingerprint density at radius 3 is 2.23 bits per heavy atom. The first-order valence-corrected chi connectivity index (χ1v) is 10.1. The molecule has 1 saturated heterocycles. The van der Waals surface area contributed by atoms with Crippen LogP contribution < -0.4 is 18.9 Å². The number of nitrogens with zero attached hydrogens (tertiary/aromatic N) is 2. The maximum absolute atomic E-state index is 13.1. The SMILES string of the molecule is COc1cc(OCC(=O)N2CCN(Cc3ccc(F)cc3)CC2C)cc(OC)c1OC. The first-order chi connectivity index (χ1) is 14.9. The third-order valence-corrected chi connectivity index (χ3v) is 5.35. The number of amides is 1. The summed E-state index contributed by atoms with van der Waals surface area (Å²) < 4.78 is 34.8. The van der Waals surface area contributed by atoms with Gasteiger partial charge in [-0.3, -0.25) is 9.69 Å². The summed E-state index contributed by atoms with van der Waals surface area (Å²) in [7, 11) is 4.58. The Balaban J connectivity index is 1.56. The van der Waals surface area contributed by atoms with E-state index in [0.717, 1.165) is 25.2 Å². The van der Waals surface area contributed by atoms with E-state index in [-0.39, 0.29) is 24.4 Å². The normalized spacial score (nSPS) is 16.7. The Hall–Kier alpha value is -3.00. The van der Waals surface area contributed by atoms with Gasteiger partial charge in [-0.2, -0.15) is 0 Å². The van der Waals surface area contributed by atoms with Gasteiger partial charge in [-0.25, -0.2) is 4.39 Å². The number of carbonyl (C=O) groups excluding carboxylic acids is 1. The average Bonchev–Trinajstić information content (AvgIpc) is 2.78. The minimum atomic E-state index is -0.236. The maximum Gasteiger partial charge on any atom is 0.260 e. The Kier molecular flexibility index (Phi) is 7.57. The van der Waals surface area contributed by atoms with E-state index in [2.05, 4.69) is 4.90 Å². The van der Waals surface area contributed by atoms with E-state index in [1.54, 1.807) is 24.3 Å². The minimum Gasteiger partial charge on any atom is -0.493 e. The van der Waals surface area contributed by atoms with E-state index in [9.17, 15) is 9.18 Å². The molecule has 1 heterocycles. The van der Waals surface area contributed by atoms with E-state index in [1.807, 2.05) is 11.8 Å². The van der Waals surface area contributed by atoms with E-state index in [1.165, 1.54) is 33.5 Å². The standard InChI is InChI=1S/C23H29FN2O5/c1-16-13-25(14-17-5-7-18(24)8-6-17)9-10-26(16)22(27)15-31-19-11-20(28-2)23(30-4)21(12-19)29-3/h5-8,11-12,16H,9-10,13-15H2,1-4H3. The lowest BCUT2D eigenvalue weighted by atomic mass is 10.1. The topological polar surface area (TPSA) is 60.5 Å². The molecule has 1 amide bonds. The van der Waals surface area contributed by atoms with Crippen molar-refractivity contribution in [1.29, 1.82) is 0 Å². The molecule has 0 bridgehead atoms. The molecule has 0 N–H and O–H groups in total. The van der Waals surface area contributed by atoms with Gasteiger partial charge < -0.3 is 23.8 Å². The van der Waals surface area contributed by atoms with Crippen molar-refractivity contribution < 1.29 is 28.1 Å². The number of carbonyl (C=O) groups is 1. The van der Waals surface area contributed by atoms with E-state index in [4.69, 9.17) is 18.9 Å². The molecule has 0 spiro atoms. The van der Waals surface area contributed by atoms with Crippen LogP contribution in [0.3, 0.4) is 0 Å². The molecule has 1 atom stereocenters. The minimum absolute atomic E-state index is 0.0465. The van der Waals surface area contributed by atoms with Crippen LogP contribution in [-0.4, -0.2) is 69.3 Å². The number of benzene rings is 2. The third kappa shape index (κ3) is 5.58. The van der Waals surface area contributed by atoms with Crippen LogP contribution in [0.4, 0.5) is 4.39 Å². The quantitative estimate of drug-likeness (QED) is 0.639. The average molecular weight is 432 g/mol. The Bertz CT molecular complexity index is 865. The zero-order chi connectivity index (χ0) is 22.4. The number of hydrogen-bond acceptors (Lipinski definition) is 6. The first kappa shape index (κ1) is 22.7. The van der Waals surface area contributed by atoms with Crippen LogP contribution in [0.15, 0.2) is 36.4 Å². The molecule has 1 fully saturated rings. The Morgan fingerprint density at radius 1 is 1.03 bits per heavy atom. The molecule has 2 aromatic rings. The fourth-order valence-corrected chi connectivity index (χ4v) is 3.76. The lowest BCUT2D eigenvalue weighted by molar-refractivity contribution is -0.138. The summed E-state index contributed by atoms with van der Waals surface area (Å²) in [5.41, 5.74) is 1.05. The summed E-state index contributed by atoms with van der Waals surface area (Å²) in [5, 5.41) is 0. The van der Waals surface area contributed by atoms with Crippen molar-refractivity contribution in [2.75, 3.05) is 47.6 Å².